The molecule has 0 aromatic heterocycles. The maximum Gasteiger partial charge on any atom is 0.125 e. The summed E-state index contributed by atoms with van der Waals surface area (Å²) in [7, 11) is 0. The van der Waals surface area contributed by atoms with E-state index in [-0.39, 0.29) is 5.92 Å². The van der Waals surface area contributed by atoms with E-state index in [2.05, 4.69) is 24.3 Å². The molecule has 0 N–H and O–H groups in total. The van der Waals surface area contributed by atoms with Crippen molar-refractivity contribution >= 4 is 23.2 Å². The largest absolute Gasteiger partial charge is 0.493 e. The van der Waals surface area contributed by atoms with E-state index in [1.165, 1.54) is 11.1 Å². The maximum atomic E-state index is 5.96. The van der Waals surface area contributed by atoms with Gasteiger partial charge in [0.15, 0.2) is 0 Å². The van der Waals surface area contributed by atoms with Crippen molar-refractivity contribution in [2.24, 2.45) is 5.92 Å². The quantitative estimate of drug-likeness (QED) is 0.726. The van der Waals surface area contributed by atoms with E-state index in [9.17, 15) is 0 Å². The first-order chi connectivity index (χ1) is 9.15. The summed E-state index contributed by atoms with van der Waals surface area (Å²) in [5.74, 6) is 1.11. The highest BCUT2D eigenvalue weighted by atomic mass is 35.5. The number of hydrogen-bond donors (Lipinski definition) is 0. The van der Waals surface area contributed by atoms with Crippen LogP contribution in [0.4, 0.5) is 0 Å². The average Bonchev–Trinajstić information content (AvgIpc) is 3.06. The van der Waals surface area contributed by atoms with Crippen LogP contribution < -0.4 is 4.74 Å². The molecule has 2 aromatic rings. The van der Waals surface area contributed by atoms with E-state index in [1.807, 2.05) is 30.3 Å². The molecule has 98 valence electrons. The minimum atomic E-state index is -0.565. The van der Waals surface area contributed by atoms with Crippen molar-refractivity contribution < 1.29 is 4.74 Å². The van der Waals surface area contributed by atoms with Crippen LogP contribution in [-0.4, -0.2) is 10.9 Å². The molecule has 1 aliphatic rings. The molecule has 0 radical (unpaired) electrons. The van der Waals surface area contributed by atoms with Gasteiger partial charge in [-0.25, -0.2) is 0 Å². The van der Waals surface area contributed by atoms with Crippen molar-refractivity contribution in [3.8, 4) is 16.9 Å². The molecule has 0 saturated heterocycles. The Morgan fingerprint density at radius 1 is 0.947 bits per heavy atom. The van der Waals surface area contributed by atoms with Gasteiger partial charge in [-0.05, 0) is 29.7 Å². The summed E-state index contributed by atoms with van der Waals surface area (Å²) in [5.41, 5.74) is 2.39. The monoisotopic (exact) mass is 292 g/mol. The lowest BCUT2D eigenvalue weighted by molar-refractivity contribution is 0.298. The molecular formula is C16H14Cl2O. The van der Waals surface area contributed by atoms with Gasteiger partial charge in [-0.2, -0.15) is 0 Å². The van der Waals surface area contributed by atoms with Crippen LogP contribution in [0, 0.1) is 5.92 Å². The molecule has 0 bridgehead atoms. The Hall–Kier alpha value is -1.18. The second-order valence-corrected chi connectivity index (χ2v) is 6.41. The Morgan fingerprint density at radius 3 is 2.11 bits per heavy atom. The van der Waals surface area contributed by atoms with Crippen molar-refractivity contribution in [3.63, 3.8) is 0 Å². The Morgan fingerprint density at radius 2 is 1.53 bits per heavy atom. The molecule has 0 amide bonds. The first-order valence-electron chi connectivity index (χ1n) is 6.31. The number of rotatable bonds is 4. The van der Waals surface area contributed by atoms with Gasteiger partial charge in [0.2, 0.25) is 0 Å². The Kier molecular flexibility index (Phi) is 3.42. The molecule has 1 fully saturated rings. The molecule has 0 spiro atoms. The highest BCUT2D eigenvalue weighted by Gasteiger charge is 2.52. The lowest BCUT2D eigenvalue weighted by Crippen LogP contribution is -2.04. The molecule has 19 heavy (non-hydrogen) atoms. The summed E-state index contributed by atoms with van der Waals surface area (Å²) >= 11 is 11.9. The van der Waals surface area contributed by atoms with E-state index in [0.717, 1.165) is 12.2 Å². The second-order valence-electron chi connectivity index (χ2n) is 4.86. The van der Waals surface area contributed by atoms with E-state index >= 15 is 0 Å². The molecular weight excluding hydrogens is 279 g/mol. The summed E-state index contributed by atoms with van der Waals surface area (Å²) in [6.07, 6.45) is 0.818. The van der Waals surface area contributed by atoms with Gasteiger partial charge < -0.3 is 4.74 Å². The van der Waals surface area contributed by atoms with Gasteiger partial charge in [0.1, 0.15) is 10.1 Å². The first-order valence-corrected chi connectivity index (χ1v) is 7.07. The molecule has 0 aliphatic heterocycles. The van der Waals surface area contributed by atoms with Gasteiger partial charge >= 0.3 is 0 Å². The van der Waals surface area contributed by atoms with Crippen molar-refractivity contribution in [3.05, 3.63) is 54.6 Å². The highest BCUT2D eigenvalue weighted by molar-refractivity contribution is 6.50. The Labute approximate surface area is 123 Å². The standard InChI is InChI=1S/C16H14Cl2O/c17-16(18)10-14(16)11-19-15-8-6-13(7-9-15)12-4-2-1-3-5-12/h1-9,14H,10-11H2/t14-/m0/s1. The van der Waals surface area contributed by atoms with E-state index < -0.39 is 4.33 Å². The fraction of sp³-hybridized carbons (Fsp3) is 0.250. The molecule has 3 rings (SSSR count). The van der Waals surface area contributed by atoms with Gasteiger partial charge in [0.05, 0.1) is 6.61 Å². The predicted octanol–water partition coefficient (Wildman–Crippen LogP) is 4.93. The van der Waals surface area contributed by atoms with Crippen LogP contribution in [0.25, 0.3) is 11.1 Å². The summed E-state index contributed by atoms with van der Waals surface area (Å²) in [5, 5.41) is 0. The molecule has 1 nitrogen and oxygen atoms in total. The van der Waals surface area contributed by atoms with Crippen LogP contribution in [-0.2, 0) is 0 Å². The lowest BCUT2D eigenvalue weighted by atomic mass is 10.1. The Bertz CT molecular complexity index is 549. The number of ether oxygens (including phenoxy) is 1. The third kappa shape index (κ3) is 3.05. The van der Waals surface area contributed by atoms with E-state index in [1.54, 1.807) is 0 Å². The summed E-state index contributed by atoms with van der Waals surface area (Å²) in [6, 6.07) is 18.4. The minimum Gasteiger partial charge on any atom is -0.493 e. The van der Waals surface area contributed by atoms with E-state index in [4.69, 9.17) is 27.9 Å². The fourth-order valence-corrected chi connectivity index (χ4v) is 2.52. The van der Waals surface area contributed by atoms with Crippen LogP contribution in [0.5, 0.6) is 5.75 Å². The molecule has 0 heterocycles. The molecule has 3 heteroatoms. The first kappa shape index (κ1) is 12.8. The molecule has 1 aliphatic carbocycles. The van der Waals surface area contributed by atoms with Gasteiger partial charge in [-0.3, -0.25) is 0 Å². The second kappa shape index (κ2) is 5.07. The van der Waals surface area contributed by atoms with Crippen LogP contribution in [0.1, 0.15) is 6.42 Å². The molecule has 0 unspecified atom stereocenters. The average molecular weight is 293 g/mol. The number of halogens is 2. The zero-order valence-electron chi connectivity index (χ0n) is 10.4. The number of alkyl halides is 2. The Balaban J connectivity index is 1.63. The number of benzene rings is 2. The predicted molar refractivity (Wildman–Crippen MR) is 79.9 cm³/mol. The molecule has 1 saturated carbocycles. The maximum absolute atomic E-state index is 5.96. The van der Waals surface area contributed by atoms with Gasteiger partial charge in [0, 0.05) is 5.92 Å². The smallest absolute Gasteiger partial charge is 0.125 e. The minimum absolute atomic E-state index is 0.254. The van der Waals surface area contributed by atoms with E-state index in [0.29, 0.717) is 6.61 Å². The van der Waals surface area contributed by atoms with Crippen molar-refractivity contribution in [2.75, 3.05) is 6.61 Å². The van der Waals surface area contributed by atoms with Crippen LogP contribution in [0.3, 0.4) is 0 Å². The highest BCUT2D eigenvalue weighted by Crippen LogP contribution is 2.53. The summed E-state index contributed by atoms with van der Waals surface area (Å²) < 4.78 is 5.12. The molecule has 1 atom stereocenters. The zero-order chi connectivity index (χ0) is 13.3. The third-order valence-electron chi connectivity index (χ3n) is 3.37. The van der Waals surface area contributed by atoms with Crippen LogP contribution >= 0.6 is 23.2 Å². The summed E-state index contributed by atoms with van der Waals surface area (Å²) in [6.45, 7) is 0.581. The topological polar surface area (TPSA) is 9.23 Å². The van der Waals surface area contributed by atoms with Gasteiger partial charge in [-0.1, -0.05) is 42.5 Å². The molecule has 2 aromatic carbocycles. The fourth-order valence-electron chi connectivity index (χ4n) is 2.02. The van der Waals surface area contributed by atoms with Crippen molar-refractivity contribution in [2.45, 2.75) is 10.8 Å². The van der Waals surface area contributed by atoms with Gasteiger partial charge in [-0.15, -0.1) is 23.2 Å². The van der Waals surface area contributed by atoms with Crippen molar-refractivity contribution in [1.82, 2.24) is 0 Å². The zero-order valence-corrected chi connectivity index (χ0v) is 11.9. The number of hydrogen-bond acceptors (Lipinski definition) is 1. The van der Waals surface area contributed by atoms with Gasteiger partial charge in [0.25, 0.3) is 0 Å². The van der Waals surface area contributed by atoms with Crippen molar-refractivity contribution in [1.29, 1.82) is 0 Å². The lowest BCUT2D eigenvalue weighted by Gasteiger charge is -2.07. The van der Waals surface area contributed by atoms with Crippen LogP contribution in [0.15, 0.2) is 54.6 Å². The van der Waals surface area contributed by atoms with Crippen LogP contribution in [0.2, 0.25) is 0 Å². The normalized spacial score (nSPS) is 20.0. The summed E-state index contributed by atoms with van der Waals surface area (Å²) in [4.78, 5) is 0. The SMILES string of the molecule is ClC1(Cl)C[C@H]1COc1ccc(-c2ccccc2)cc1. The third-order valence-corrected chi connectivity index (χ3v) is 4.29.